The molecule has 0 aromatic heterocycles. The lowest BCUT2D eigenvalue weighted by atomic mass is 9.87. The molecule has 2 aromatic rings. The summed E-state index contributed by atoms with van der Waals surface area (Å²) in [6.07, 6.45) is -3.89. The highest BCUT2D eigenvalue weighted by Gasteiger charge is 2.41. The molecule has 9 heteroatoms. The Morgan fingerprint density at radius 1 is 1.09 bits per heavy atom. The van der Waals surface area contributed by atoms with Crippen molar-refractivity contribution in [2.75, 3.05) is 40.5 Å². The van der Waals surface area contributed by atoms with Crippen LogP contribution in [0.25, 0.3) is 0 Å². The van der Waals surface area contributed by atoms with E-state index in [-0.39, 0.29) is 24.9 Å². The van der Waals surface area contributed by atoms with Gasteiger partial charge in [-0.2, -0.15) is 13.2 Å². The molecule has 1 N–H and O–H groups in total. The maximum absolute atomic E-state index is 13.3. The molecule has 3 rings (SSSR count). The Morgan fingerprint density at radius 3 is 2.45 bits per heavy atom. The first-order valence-corrected chi connectivity index (χ1v) is 10.6. The molecule has 1 aliphatic heterocycles. The van der Waals surface area contributed by atoms with E-state index < -0.39 is 23.6 Å². The van der Waals surface area contributed by atoms with E-state index in [2.05, 4.69) is 5.32 Å². The Morgan fingerprint density at radius 2 is 1.82 bits per heavy atom. The fourth-order valence-electron chi connectivity index (χ4n) is 3.99. The number of likely N-dealkylation sites (tertiary alicyclic amines) is 1. The predicted octanol–water partition coefficient (Wildman–Crippen LogP) is 3.72. The van der Waals surface area contributed by atoms with Crippen molar-refractivity contribution in [3.05, 3.63) is 65.2 Å². The summed E-state index contributed by atoms with van der Waals surface area (Å²) >= 11 is 0. The van der Waals surface area contributed by atoms with E-state index >= 15 is 0 Å². The first-order valence-electron chi connectivity index (χ1n) is 10.6. The summed E-state index contributed by atoms with van der Waals surface area (Å²) in [5.41, 5.74) is 0.0193. The van der Waals surface area contributed by atoms with Crippen molar-refractivity contribution in [3.8, 4) is 5.75 Å². The van der Waals surface area contributed by atoms with Crippen molar-refractivity contribution >= 4 is 11.8 Å². The summed E-state index contributed by atoms with van der Waals surface area (Å²) < 4.78 is 49.9. The third-order valence-electron chi connectivity index (χ3n) is 5.75. The van der Waals surface area contributed by atoms with Crippen LogP contribution in [0.3, 0.4) is 0 Å². The van der Waals surface area contributed by atoms with E-state index in [9.17, 15) is 22.8 Å². The van der Waals surface area contributed by atoms with Gasteiger partial charge in [0.25, 0.3) is 5.91 Å². The molecule has 2 atom stereocenters. The molecule has 0 aliphatic carbocycles. The number of hydrogen-bond donors (Lipinski definition) is 1. The van der Waals surface area contributed by atoms with Crippen molar-refractivity contribution in [2.24, 2.45) is 5.92 Å². The monoisotopic (exact) mass is 464 g/mol. The summed E-state index contributed by atoms with van der Waals surface area (Å²) in [5.74, 6) is -1.21. The fourth-order valence-corrected chi connectivity index (χ4v) is 3.99. The van der Waals surface area contributed by atoms with Crippen LogP contribution in [0.1, 0.15) is 33.8 Å². The van der Waals surface area contributed by atoms with Gasteiger partial charge in [0, 0.05) is 44.8 Å². The second-order valence-electron chi connectivity index (χ2n) is 7.91. The van der Waals surface area contributed by atoms with Crippen molar-refractivity contribution in [2.45, 2.75) is 18.5 Å². The molecular weight excluding hydrogens is 437 g/mol. The summed E-state index contributed by atoms with van der Waals surface area (Å²) in [6, 6.07) is 11.5. The quantitative estimate of drug-likeness (QED) is 0.605. The van der Waals surface area contributed by atoms with Gasteiger partial charge in [-0.3, -0.25) is 9.59 Å². The zero-order valence-electron chi connectivity index (χ0n) is 18.5. The molecule has 1 saturated heterocycles. The van der Waals surface area contributed by atoms with Gasteiger partial charge in [-0.25, -0.2) is 0 Å². The van der Waals surface area contributed by atoms with E-state index in [1.54, 1.807) is 37.4 Å². The zero-order valence-corrected chi connectivity index (χ0v) is 18.5. The van der Waals surface area contributed by atoms with Gasteiger partial charge < -0.3 is 19.7 Å². The summed E-state index contributed by atoms with van der Waals surface area (Å²) in [7, 11) is 3.08. The molecular formula is C24H27F3N2O4. The number of nitrogens with one attached hydrogen (secondary N) is 1. The standard InChI is InChI=1S/C24H27F3N2O4/c1-32-12-4-11-28-22(30)21-15-29(23(31)16-7-9-19(33-2)10-8-16)14-20(21)17-5-3-6-18(13-17)24(25,26)27/h3,5-10,13,20-21H,4,11-12,14-15H2,1-2H3,(H,28,30). The number of hydrogen-bond acceptors (Lipinski definition) is 4. The summed E-state index contributed by atoms with van der Waals surface area (Å²) in [4.78, 5) is 27.5. The van der Waals surface area contributed by atoms with Crippen LogP contribution in [0, 0.1) is 5.92 Å². The molecule has 1 aliphatic rings. The van der Waals surface area contributed by atoms with E-state index in [1.807, 2.05) is 0 Å². The van der Waals surface area contributed by atoms with E-state index in [0.29, 0.717) is 36.4 Å². The smallest absolute Gasteiger partial charge is 0.416 e. The highest BCUT2D eigenvalue weighted by molar-refractivity contribution is 5.95. The van der Waals surface area contributed by atoms with Crippen LogP contribution in [0.15, 0.2) is 48.5 Å². The van der Waals surface area contributed by atoms with Gasteiger partial charge in [0.2, 0.25) is 5.91 Å². The Bertz CT molecular complexity index is 963. The number of carbonyl (C=O) groups excluding carboxylic acids is 2. The van der Waals surface area contributed by atoms with Crippen LogP contribution in [0.4, 0.5) is 13.2 Å². The minimum Gasteiger partial charge on any atom is -0.497 e. The predicted molar refractivity (Wildman–Crippen MR) is 116 cm³/mol. The third kappa shape index (κ3) is 6.04. The van der Waals surface area contributed by atoms with Gasteiger partial charge in [0.15, 0.2) is 0 Å². The minimum atomic E-state index is -4.49. The number of benzene rings is 2. The lowest BCUT2D eigenvalue weighted by Gasteiger charge is -2.19. The van der Waals surface area contributed by atoms with E-state index in [0.717, 1.165) is 12.1 Å². The molecule has 0 bridgehead atoms. The topological polar surface area (TPSA) is 67.9 Å². The first-order chi connectivity index (χ1) is 15.7. The third-order valence-corrected chi connectivity index (χ3v) is 5.75. The largest absolute Gasteiger partial charge is 0.497 e. The number of rotatable bonds is 8. The van der Waals surface area contributed by atoms with Gasteiger partial charge in [-0.1, -0.05) is 18.2 Å². The van der Waals surface area contributed by atoms with Crippen LogP contribution >= 0.6 is 0 Å². The molecule has 1 fully saturated rings. The van der Waals surface area contributed by atoms with Gasteiger partial charge >= 0.3 is 6.18 Å². The van der Waals surface area contributed by atoms with Crippen molar-refractivity contribution in [3.63, 3.8) is 0 Å². The lowest BCUT2D eigenvalue weighted by Crippen LogP contribution is -2.36. The Labute approximate surface area is 190 Å². The lowest BCUT2D eigenvalue weighted by molar-refractivity contribution is -0.137. The second-order valence-corrected chi connectivity index (χ2v) is 7.91. The minimum absolute atomic E-state index is 0.113. The number of carbonyl (C=O) groups is 2. The molecule has 6 nitrogen and oxygen atoms in total. The molecule has 33 heavy (non-hydrogen) atoms. The molecule has 2 unspecified atom stereocenters. The van der Waals surface area contributed by atoms with Gasteiger partial charge in [0.1, 0.15) is 5.75 Å². The van der Waals surface area contributed by atoms with Gasteiger partial charge in [0.05, 0.1) is 18.6 Å². The highest BCUT2D eigenvalue weighted by Crippen LogP contribution is 2.37. The highest BCUT2D eigenvalue weighted by atomic mass is 19.4. The first kappa shape index (κ1) is 24.6. The maximum atomic E-state index is 13.3. The van der Waals surface area contributed by atoms with Crippen molar-refractivity contribution in [1.29, 1.82) is 0 Å². The number of halogens is 3. The van der Waals surface area contributed by atoms with Crippen LogP contribution in [-0.4, -0.2) is 57.2 Å². The number of methoxy groups -OCH3 is 2. The zero-order chi connectivity index (χ0) is 24.0. The van der Waals surface area contributed by atoms with Crippen LogP contribution in [-0.2, 0) is 15.7 Å². The normalized spacial score (nSPS) is 18.3. The van der Waals surface area contributed by atoms with Gasteiger partial charge in [-0.05, 0) is 42.3 Å². The van der Waals surface area contributed by atoms with Crippen LogP contribution in [0.5, 0.6) is 5.75 Å². The Kier molecular flexibility index (Phi) is 7.97. The van der Waals surface area contributed by atoms with Crippen LogP contribution in [0.2, 0.25) is 0 Å². The van der Waals surface area contributed by atoms with E-state index in [4.69, 9.17) is 9.47 Å². The molecule has 0 saturated carbocycles. The Balaban J connectivity index is 1.84. The number of ether oxygens (including phenoxy) is 2. The van der Waals surface area contributed by atoms with Crippen molar-refractivity contribution < 1.29 is 32.2 Å². The maximum Gasteiger partial charge on any atom is 0.416 e. The molecule has 1 heterocycles. The summed E-state index contributed by atoms with van der Waals surface area (Å²) in [6.45, 7) is 1.11. The van der Waals surface area contributed by atoms with E-state index in [1.165, 1.54) is 18.1 Å². The van der Waals surface area contributed by atoms with Gasteiger partial charge in [-0.15, -0.1) is 0 Å². The van der Waals surface area contributed by atoms with Crippen molar-refractivity contribution in [1.82, 2.24) is 10.2 Å². The fraction of sp³-hybridized carbons (Fsp3) is 0.417. The molecule has 0 radical (unpaired) electrons. The second kappa shape index (κ2) is 10.7. The average molecular weight is 464 g/mol. The number of alkyl halides is 3. The molecule has 2 aromatic carbocycles. The SMILES string of the molecule is COCCCNC(=O)C1CN(C(=O)c2ccc(OC)cc2)CC1c1cccc(C(F)(F)F)c1. The Hall–Kier alpha value is -3.07. The number of nitrogens with zero attached hydrogens (tertiary/aromatic N) is 1. The molecule has 2 amide bonds. The summed E-state index contributed by atoms with van der Waals surface area (Å²) in [5, 5.41) is 2.82. The average Bonchev–Trinajstić information content (AvgIpc) is 3.26. The molecule has 0 spiro atoms. The van der Waals surface area contributed by atoms with Crippen LogP contribution < -0.4 is 10.1 Å². The molecule has 178 valence electrons. The number of amides is 2.